The Kier molecular flexibility index (Phi) is 6.48. The van der Waals surface area contributed by atoms with E-state index in [1.54, 1.807) is 25.1 Å². The number of aryl methyl sites for hydroxylation is 1. The molecule has 26 heavy (non-hydrogen) atoms. The third kappa shape index (κ3) is 5.17. The van der Waals surface area contributed by atoms with E-state index in [1.165, 1.54) is 25.3 Å². The van der Waals surface area contributed by atoms with Crippen LogP contribution in [0.3, 0.4) is 0 Å². The van der Waals surface area contributed by atoms with Crippen LogP contribution in [-0.2, 0) is 4.79 Å². The summed E-state index contributed by atoms with van der Waals surface area (Å²) < 4.78 is 34.1. The number of hydrogen-bond donors (Lipinski definition) is 2. The van der Waals surface area contributed by atoms with Gasteiger partial charge in [0.05, 0.1) is 13.7 Å². The summed E-state index contributed by atoms with van der Waals surface area (Å²) in [4.78, 5) is 24.0. The summed E-state index contributed by atoms with van der Waals surface area (Å²) >= 11 is 0. The van der Waals surface area contributed by atoms with E-state index in [0.29, 0.717) is 5.56 Å². The molecule has 138 valence electrons. The van der Waals surface area contributed by atoms with Crippen LogP contribution in [0.1, 0.15) is 15.9 Å². The molecule has 6 nitrogen and oxygen atoms in total. The molecule has 0 saturated carbocycles. The quantitative estimate of drug-likeness (QED) is 0.792. The van der Waals surface area contributed by atoms with Crippen LogP contribution >= 0.6 is 0 Å². The standard InChI is InChI=1S/C18H18F2N2O4/c1-11-5-3-4-6-13(11)17(24)21-10-16(23)22-12-7-8-14(25-2)15(9-12)26-18(19)20/h3-9,18H,10H2,1-2H3,(H,21,24)(H,22,23). The van der Waals surface area contributed by atoms with E-state index >= 15 is 0 Å². The number of hydrogen-bond acceptors (Lipinski definition) is 4. The first kappa shape index (κ1) is 19.2. The Morgan fingerprint density at radius 1 is 1.12 bits per heavy atom. The van der Waals surface area contributed by atoms with Crippen LogP contribution in [0.15, 0.2) is 42.5 Å². The lowest BCUT2D eigenvalue weighted by atomic mass is 10.1. The van der Waals surface area contributed by atoms with Crippen molar-refractivity contribution >= 4 is 17.5 Å². The third-order valence-electron chi connectivity index (χ3n) is 3.46. The van der Waals surface area contributed by atoms with E-state index in [9.17, 15) is 18.4 Å². The minimum Gasteiger partial charge on any atom is -0.493 e. The van der Waals surface area contributed by atoms with Gasteiger partial charge in [0.1, 0.15) is 0 Å². The average molecular weight is 364 g/mol. The maximum atomic E-state index is 12.4. The lowest BCUT2D eigenvalue weighted by Crippen LogP contribution is -2.33. The van der Waals surface area contributed by atoms with Crippen LogP contribution in [0.2, 0.25) is 0 Å². The Hall–Kier alpha value is -3.16. The zero-order valence-corrected chi connectivity index (χ0v) is 14.2. The molecule has 0 aliphatic heterocycles. The van der Waals surface area contributed by atoms with Crippen molar-refractivity contribution in [1.82, 2.24) is 5.32 Å². The Balaban J connectivity index is 1.97. The van der Waals surface area contributed by atoms with E-state index in [-0.39, 0.29) is 29.6 Å². The summed E-state index contributed by atoms with van der Waals surface area (Å²) in [6.07, 6.45) is 0. The number of methoxy groups -OCH3 is 1. The van der Waals surface area contributed by atoms with Gasteiger partial charge in [0.25, 0.3) is 5.91 Å². The number of benzene rings is 2. The zero-order valence-electron chi connectivity index (χ0n) is 14.2. The molecule has 2 aromatic carbocycles. The molecule has 0 bridgehead atoms. The van der Waals surface area contributed by atoms with Gasteiger partial charge in [-0.3, -0.25) is 9.59 Å². The van der Waals surface area contributed by atoms with Crippen LogP contribution in [0.25, 0.3) is 0 Å². The Bertz CT molecular complexity index is 797. The van der Waals surface area contributed by atoms with Crippen molar-refractivity contribution < 1.29 is 27.8 Å². The second kappa shape index (κ2) is 8.80. The minimum atomic E-state index is -3.02. The fourth-order valence-corrected chi connectivity index (χ4v) is 2.23. The zero-order chi connectivity index (χ0) is 19.1. The van der Waals surface area contributed by atoms with E-state index in [1.807, 2.05) is 6.07 Å². The number of anilines is 1. The lowest BCUT2D eigenvalue weighted by molar-refractivity contribution is -0.115. The van der Waals surface area contributed by atoms with Crippen molar-refractivity contribution in [2.45, 2.75) is 13.5 Å². The average Bonchev–Trinajstić information content (AvgIpc) is 2.60. The molecule has 0 heterocycles. The molecule has 2 rings (SSSR count). The Morgan fingerprint density at radius 2 is 1.85 bits per heavy atom. The number of ether oxygens (including phenoxy) is 2. The number of amides is 2. The highest BCUT2D eigenvalue weighted by atomic mass is 19.3. The maximum Gasteiger partial charge on any atom is 0.387 e. The molecule has 0 radical (unpaired) electrons. The molecular weight excluding hydrogens is 346 g/mol. The van der Waals surface area contributed by atoms with Crippen molar-refractivity contribution in [3.8, 4) is 11.5 Å². The minimum absolute atomic E-state index is 0.108. The van der Waals surface area contributed by atoms with Gasteiger partial charge < -0.3 is 20.1 Å². The van der Waals surface area contributed by atoms with Gasteiger partial charge in [0, 0.05) is 17.3 Å². The van der Waals surface area contributed by atoms with Crippen molar-refractivity contribution in [3.63, 3.8) is 0 Å². The van der Waals surface area contributed by atoms with E-state index in [0.717, 1.165) is 5.56 Å². The monoisotopic (exact) mass is 364 g/mol. The molecule has 0 aliphatic carbocycles. The largest absolute Gasteiger partial charge is 0.493 e. The number of carbonyl (C=O) groups is 2. The first-order valence-electron chi connectivity index (χ1n) is 7.67. The summed E-state index contributed by atoms with van der Waals surface area (Å²) in [5.74, 6) is -0.991. The molecule has 0 aromatic heterocycles. The molecule has 0 fully saturated rings. The normalized spacial score (nSPS) is 10.3. The van der Waals surface area contributed by atoms with Crippen LogP contribution in [0.4, 0.5) is 14.5 Å². The first-order chi connectivity index (χ1) is 12.4. The predicted octanol–water partition coefficient (Wildman–Crippen LogP) is 2.97. The molecule has 2 aromatic rings. The molecule has 0 spiro atoms. The predicted molar refractivity (Wildman–Crippen MR) is 91.8 cm³/mol. The van der Waals surface area contributed by atoms with Gasteiger partial charge in [-0.1, -0.05) is 18.2 Å². The number of halogens is 2. The number of alkyl halides is 2. The topological polar surface area (TPSA) is 76.7 Å². The summed E-state index contributed by atoms with van der Waals surface area (Å²) in [5.41, 5.74) is 1.49. The SMILES string of the molecule is COc1ccc(NC(=O)CNC(=O)c2ccccc2C)cc1OC(F)F. The Labute approximate surface area is 149 Å². The van der Waals surface area contributed by atoms with Crippen molar-refractivity contribution in [3.05, 3.63) is 53.6 Å². The van der Waals surface area contributed by atoms with Gasteiger partial charge in [0.2, 0.25) is 5.91 Å². The molecule has 2 N–H and O–H groups in total. The van der Waals surface area contributed by atoms with Gasteiger partial charge in [-0.2, -0.15) is 8.78 Å². The molecule has 2 amide bonds. The second-order valence-electron chi connectivity index (χ2n) is 5.29. The molecule has 0 saturated heterocycles. The summed E-state index contributed by atoms with van der Waals surface area (Å²) in [6, 6.07) is 11.0. The molecule has 0 aliphatic rings. The van der Waals surface area contributed by atoms with Gasteiger partial charge in [-0.25, -0.2) is 0 Å². The summed E-state index contributed by atoms with van der Waals surface area (Å²) in [7, 11) is 1.31. The van der Waals surface area contributed by atoms with E-state index in [4.69, 9.17) is 4.74 Å². The molecule has 0 atom stereocenters. The van der Waals surface area contributed by atoms with Gasteiger partial charge >= 0.3 is 6.61 Å². The number of carbonyl (C=O) groups excluding carboxylic acids is 2. The molecular formula is C18H18F2N2O4. The highest BCUT2D eigenvalue weighted by molar-refractivity contribution is 6.00. The van der Waals surface area contributed by atoms with Gasteiger partial charge in [-0.05, 0) is 30.7 Å². The molecule has 8 heteroatoms. The van der Waals surface area contributed by atoms with Crippen LogP contribution < -0.4 is 20.1 Å². The summed E-state index contributed by atoms with van der Waals surface area (Å²) in [5, 5.41) is 5.00. The first-order valence-corrected chi connectivity index (χ1v) is 7.67. The fraction of sp³-hybridized carbons (Fsp3) is 0.222. The summed E-state index contributed by atoms with van der Waals surface area (Å²) in [6.45, 7) is -1.51. The van der Waals surface area contributed by atoms with E-state index < -0.39 is 12.5 Å². The second-order valence-corrected chi connectivity index (χ2v) is 5.29. The van der Waals surface area contributed by atoms with Crippen LogP contribution in [0.5, 0.6) is 11.5 Å². The highest BCUT2D eigenvalue weighted by Gasteiger charge is 2.13. The van der Waals surface area contributed by atoms with Crippen LogP contribution in [0, 0.1) is 6.92 Å². The fourth-order valence-electron chi connectivity index (χ4n) is 2.23. The molecule has 0 unspecified atom stereocenters. The van der Waals surface area contributed by atoms with E-state index in [2.05, 4.69) is 15.4 Å². The third-order valence-corrected chi connectivity index (χ3v) is 3.46. The number of rotatable bonds is 7. The van der Waals surface area contributed by atoms with Crippen molar-refractivity contribution in [2.75, 3.05) is 19.0 Å². The maximum absolute atomic E-state index is 12.4. The van der Waals surface area contributed by atoms with Gasteiger partial charge in [0.15, 0.2) is 11.5 Å². The van der Waals surface area contributed by atoms with Gasteiger partial charge in [-0.15, -0.1) is 0 Å². The van der Waals surface area contributed by atoms with Crippen molar-refractivity contribution in [2.24, 2.45) is 0 Å². The van der Waals surface area contributed by atoms with Crippen LogP contribution in [-0.4, -0.2) is 32.1 Å². The van der Waals surface area contributed by atoms with Crippen molar-refractivity contribution in [1.29, 1.82) is 0 Å². The number of nitrogens with one attached hydrogen (secondary N) is 2. The smallest absolute Gasteiger partial charge is 0.387 e. The Morgan fingerprint density at radius 3 is 2.50 bits per heavy atom. The lowest BCUT2D eigenvalue weighted by Gasteiger charge is -2.12. The highest BCUT2D eigenvalue weighted by Crippen LogP contribution is 2.31.